The van der Waals surface area contributed by atoms with Crippen LogP contribution in [-0.2, 0) is 13.0 Å². The molecule has 0 bridgehead atoms. The Morgan fingerprint density at radius 2 is 2.13 bits per heavy atom. The van der Waals surface area contributed by atoms with Crippen LogP contribution in [0.15, 0.2) is 47.7 Å². The zero-order valence-corrected chi connectivity index (χ0v) is 19.3. The molecule has 0 unspecified atom stereocenters. The van der Waals surface area contributed by atoms with Crippen molar-refractivity contribution >= 4 is 40.8 Å². The van der Waals surface area contributed by atoms with Crippen LogP contribution < -0.4 is 15.4 Å². The van der Waals surface area contributed by atoms with Gasteiger partial charge in [0.2, 0.25) is 5.88 Å². The van der Waals surface area contributed by atoms with Crippen LogP contribution in [-0.4, -0.2) is 36.1 Å². The van der Waals surface area contributed by atoms with E-state index in [4.69, 9.17) is 4.74 Å². The van der Waals surface area contributed by atoms with E-state index in [1.54, 1.807) is 13.2 Å². The van der Waals surface area contributed by atoms with Gasteiger partial charge in [-0.1, -0.05) is 0 Å². The van der Waals surface area contributed by atoms with Gasteiger partial charge in [-0.3, -0.25) is 4.99 Å². The van der Waals surface area contributed by atoms with Crippen molar-refractivity contribution in [3.05, 3.63) is 59.7 Å². The highest BCUT2D eigenvalue weighted by Gasteiger charge is 2.22. The third-order valence-electron chi connectivity index (χ3n) is 5.06. The lowest BCUT2D eigenvalue weighted by Gasteiger charge is -2.12. The van der Waals surface area contributed by atoms with Crippen molar-refractivity contribution in [2.45, 2.75) is 25.8 Å². The monoisotopic (exact) mass is 523 g/mol. The first-order valence-corrected chi connectivity index (χ1v) is 9.99. The van der Waals surface area contributed by atoms with Gasteiger partial charge < -0.3 is 20.4 Å². The first-order valence-electron chi connectivity index (χ1n) is 9.99. The molecule has 0 amide bonds. The largest absolute Gasteiger partial charge is 0.477 e. The van der Waals surface area contributed by atoms with Crippen molar-refractivity contribution in [3.63, 3.8) is 0 Å². The van der Waals surface area contributed by atoms with E-state index in [2.05, 4.69) is 25.6 Å². The van der Waals surface area contributed by atoms with Gasteiger partial charge in [0.15, 0.2) is 5.96 Å². The highest BCUT2D eigenvalue weighted by Crippen LogP contribution is 2.29. The Morgan fingerprint density at radius 1 is 1.27 bits per heavy atom. The van der Waals surface area contributed by atoms with E-state index >= 15 is 0 Å². The number of guanidine groups is 1. The van der Waals surface area contributed by atoms with Crippen molar-refractivity contribution in [2.24, 2.45) is 10.9 Å². The molecule has 4 rings (SSSR count). The standard InChI is InChI=1S/C22H26FN5O.HI/c1-24-22(26-9-7-17-13-27-20-11-18(23)4-5-19(17)20)28-12-16-6-8-25-21(10-16)29-14-15-2-3-15;/h4-6,8,10-11,13,15,27H,2-3,7,9,12,14H2,1H3,(H2,24,26,28);1H. The third-order valence-corrected chi connectivity index (χ3v) is 5.06. The van der Waals surface area contributed by atoms with E-state index in [-0.39, 0.29) is 29.8 Å². The predicted molar refractivity (Wildman–Crippen MR) is 128 cm³/mol. The van der Waals surface area contributed by atoms with Crippen LogP contribution >= 0.6 is 24.0 Å². The van der Waals surface area contributed by atoms with Gasteiger partial charge in [-0.2, -0.15) is 0 Å². The molecule has 1 fully saturated rings. The van der Waals surface area contributed by atoms with Crippen molar-refractivity contribution in [2.75, 3.05) is 20.2 Å². The number of aromatic amines is 1. The van der Waals surface area contributed by atoms with Crippen LogP contribution in [0.2, 0.25) is 0 Å². The Hall–Kier alpha value is -2.36. The summed E-state index contributed by atoms with van der Waals surface area (Å²) in [6.45, 7) is 2.11. The smallest absolute Gasteiger partial charge is 0.213 e. The number of hydrogen-bond acceptors (Lipinski definition) is 3. The van der Waals surface area contributed by atoms with Crippen LogP contribution in [0.25, 0.3) is 10.9 Å². The molecule has 0 spiro atoms. The first-order chi connectivity index (χ1) is 14.2. The van der Waals surface area contributed by atoms with E-state index in [1.807, 2.05) is 24.4 Å². The number of hydrogen-bond donors (Lipinski definition) is 3. The Balaban J connectivity index is 0.00000256. The average Bonchev–Trinajstić information content (AvgIpc) is 3.49. The molecule has 1 saturated carbocycles. The lowest BCUT2D eigenvalue weighted by Crippen LogP contribution is -2.37. The molecule has 2 aromatic heterocycles. The summed E-state index contributed by atoms with van der Waals surface area (Å²) < 4.78 is 19.1. The quantitative estimate of drug-likeness (QED) is 0.237. The highest BCUT2D eigenvalue weighted by atomic mass is 127. The zero-order chi connectivity index (χ0) is 20.1. The molecule has 0 atom stereocenters. The second-order valence-electron chi connectivity index (χ2n) is 7.36. The van der Waals surface area contributed by atoms with Gasteiger partial charge in [0.1, 0.15) is 5.82 Å². The summed E-state index contributed by atoms with van der Waals surface area (Å²) in [6.07, 6.45) is 7.04. The second kappa shape index (κ2) is 10.6. The fraction of sp³-hybridized carbons (Fsp3) is 0.364. The number of halogens is 2. The number of pyridine rings is 1. The second-order valence-corrected chi connectivity index (χ2v) is 7.36. The number of nitrogens with zero attached hydrogens (tertiary/aromatic N) is 2. The predicted octanol–water partition coefficient (Wildman–Crippen LogP) is 4.02. The summed E-state index contributed by atoms with van der Waals surface area (Å²) in [5.74, 6) is 1.88. The minimum Gasteiger partial charge on any atom is -0.477 e. The first kappa shape index (κ1) is 22.3. The van der Waals surface area contributed by atoms with Gasteiger partial charge in [-0.25, -0.2) is 9.37 Å². The van der Waals surface area contributed by atoms with Crippen LogP contribution in [0.1, 0.15) is 24.0 Å². The van der Waals surface area contributed by atoms with Crippen LogP contribution in [0.3, 0.4) is 0 Å². The van der Waals surface area contributed by atoms with E-state index in [0.717, 1.165) is 47.6 Å². The molecular weight excluding hydrogens is 496 g/mol. The number of H-pyrrole nitrogens is 1. The molecular formula is C22H27FIN5O. The Kier molecular flexibility index (Phi) is 7.89. The molecule has 30 heavy (non-hydrogen) atoms. The molecule has 0 aliphatic heterocycles. The molecule has 2 heterocycles. The summed E-state index contributed by atoms with van der Waals surface area (Å²) in [7, 11) is 1.75. The van der Waals surface area contributed by atoms with E-state index in [1.165, 1.54) is 25.0 Å². The van der Waals surface area contributed by atoms with E-state index < -0.39 is 0 Å². The lowest BCUT2D eigenvalue weighted by molar-refractivity contribution is 0.288. The maximum absolute atomic E-state index is 13.3. The fourth-order valence-electron chi connectivity index (χ4n) is 3.21. The van der Waals surface area contributed by atoms with Crippen molar-refractivity contribution < 1.29 is 9.13 Å². The summed E-state index contributed by atoms with van der Waals surface area (Å²) in [5.41, 5.74) is 3.06. The molecule has 8 heteroatoms. The molecule has 1 aliphatic rings. The van der Waals surface area contributed by atoms with Crippen LogP contribution in [0, 0.1) is 11.7 Å². The topological polar surface area (TPSA) is 74.3 Å². The molecule has 1 aliphatic carbocycles. The van der Waals surface area contributed by atoms with Crippen LogP contribution in [0.4, 0.5) is 4.39 Å². The maximum Gasteiger partial charge on any atom is 0.213 e. The van der Waals surface area contributed by atoms with Crippen LogP contribution in [0.5, 0.6) is 5.88 Å². The lowest BCUT2D eigenvalue weighted by atomic mass is 10.1. The number of rotatable bonds is 8. The number of aromatic nitrogens is 2. The van der Waals surface area contributed by atoms with Crippen molar-refractivity contribution in [1.82, 2.24) is 20.6 Å². The molecule has 3 aromatic rings. The normalized spacial score (nSPS) is 13.7. The summed E-state index contributed by atoms with van der Waals surface area (Å²) in [4.78, 5) is 11.7. The van der Waals surface area contributed by atoms with E-state index in [0.29, 0.717) is 18.3 Å². The number of aliphatic imine (C=N–C) groups is 1. The molecule has 160 valence electrons. The number of benzene rings is 1. The number of nitrogens with one attached hydrogen (secondary N) is 3. The molecule has 3 N–H and O–H groups in total. The summed E-state index contributed by atoms with van der Waals surface area (Å²) in [5, 5.41) is 7.68. The van der Waals surface area contributed by atoms with Gasteiger partial charge in [0.05, 0.1) is 6.61 Å². The zero-order valence-electron chi connectivity index (χ0n) is 17.0. The van der Waals surface area contributed by atoms with Crippen molar-refractivity contribution in [1.29, 1.82) is 0 Å². The number of ether oxygens (including phenoxy) is 1. The summed E-state index contributed by atoms with van der Waals surface area (Å²) >= 11 is 0. The van der Waals surface area contributed by atoms with Gasteiger partial charge in [-0.15, -0.1) is 24.0 Å². The Morgan fingerprint density at radius 3 is 2.93 bits per heavy atom. The van der Waals surface area contributed by atoms with Gasteiger partial charge >= 0.3 is 0 Å². The Labute approximate surface area is 192 Å². The number of fused-ring (bicyclic) bond motifs is 1. The molecule has 6 nitrogen and oxygen atoms in total. The molecule has 0 radical (unpaired) electrons. The maximum atomic E-state index is 13.3. The molecule has 1 aromatic carbocycles. The summed E-state index contributed by atoms with van der Waals surface area (Å²) in [6, 6.07) is 8.76. The van der Waals surface area contributed by atoms with Gasteiger partial charge in [0.25, 0.3) is 0 Å². The Bertz CT molecular complexity index is 1000. The average molecular weight is 523 g/mol. The van der Waals surface area contributed by atoms with E-state index in [9.17, 15) is 4.39 Å². The molecule has 0 saturated heterocycles. The third kappa shape index (κ3) is 6.07. The fourth-order valence-corrected chi connectivity index (χ4v) is 3.21. The minimum atomic E-state index is -0.231. The minimum absolute atomic E-state index is 0. The SMILES string of the molecule is CN=C(NCCc1c[nH]c2cc(F)ccc12)NCc1ccnc(OCC2CC2)c1.I. The van der Waals surface area contributed by atoms with Gasteiger partial charge in [0, 0.05) is 49.5 Å². The highest BCUT2D eigenvalue weighted by molar-refractivity contribution is 14.0. The van der Waals surface area contributed by atoms with Crippen molar-refractivity contribution in [3.8, 4) is 5.88 Å². The van der Waals surface area contributed by atoms with Gasteiger partial charge in [-0.05, 0) is 60.6 Å².